The van der Waals surface area contributed by atoms with Crippen molar-refractivity contribution in [3.8, 4) is 5.88 Å². The Morgan fingerprint density at radius 1 is 1.25 bits per heavy atom. The minimum absolute atomic E-state index is 0.393. The van der Waals surface area contributed by atoms with Gasteiger partial charge in [-0.1, -0.05) is 30.3 Å². The Labute approximate surface area is 115 Å². The second-order valence-electron chi connectivity index (χ2n) is 4.24. The Morgan fingerprint density at radius 2 is 2.00 bits per heavy atom. The van der Waals surface area contributed by atoms with E-state index in [0.29, 0.717) is 18.1 Å². The Hall–Kier alpha value is -2.47. The molecule has 0 fully saturated rings. The van der Waals surface area contributed by atoms with E-state index >= 15 is 0 Å². The third-order valence-corrected chi connectivity index (χ3v) is 2.70. The molecule has 0 aliphatic carbocycles. The molecule has 2 aromatic rings. The number of nitrogens with zero attached hydrogens (tertiary/aromatic N) is 2. The van der Waals surface area contributed by atoms with Gasteiger partial charge in [-0.3, -0.25) is 10.1 Å². The van der Waals surface area contributed by atoms with Gasteiger partial charge < -0.3 is 9.84 Å². The fourth-order valence-corrected chi connectivity index (χ4v) is 1.65. The molecule has 6 heteroatoms. The maximum absolute atomic E-state index is 10.3. The van der Waals surface area contributed by atoms with E-state index in [1.54, 1.807) is 12.1 Å². The van der Waals surface area contributed by atoms with Crippen LogP contribution in [0.4, 0.5) is 0 Å². The molecule has 0 unspecified atom stereocenters. The predicted octanol–water partition coefficient (Wildman–Crippen LogP) is 1.97. The highest BCUT2D eigenvalue weighted by atomic mass is 16.6. The minimum atomic E-state index is -1.15. The highest BCUT2D eigenvalue weighted by Crippen LogP contribution is 2.16. The van der Waals surface area contributed by atoms with Crippen LogP contribution in [-0.2, 0) is 6.61 Å². The molecule has 1 atom stereocenters. The number of benzene rings is 1. The molecule has 1 aromatic carbocycles. The van der Waals surface area contributed by atoms with Crippen LogP contribution in [0.1, 0.15) is 17.2 Å². The Balaban J connectivity index is 1.93. The molecule has 0 saturated heterocycles. The molecule has 0 spiro atoms. The summed E-state index contributed by atoms with van der Waals surface area (Å²) in [6.45, 7) is -0.142. The molecule has 0 radical (unpaired) electrons. The molecule has 6 nitrogen and oxygen atoms in total. The predicted molar refractivity (Wildman–Crippen MR) is 71.8 cm³/mol. The second kappa shape index (κ2) is 6.63. The molecular formula is C14H14N2O4. The number of hydrogen-bond acceptors (Lipinski definition) is 5. The molecule has 0 saturated carbocycles. The van der Waals surface area contributed by atoms with Crippen LogP contribution in [0, 0.1) is 10.1 Å². The first-order valence-corrected chi connectivity index (χ1v) is 6.07. The zero-order valence-corrected chi connectivity index (χ0v) is 10.7. The Kier molecular flexibility index (Phi) is 4.62. The van der Waals surface area contributed by atoms with Crippen molar-refractivity contribution in [1.29, 1.82) is 0 Å². The van der Waals surface area contributed by atoms with Crippen LogP contribution in [0.2, 0.25) is 0 Å². The van der Waals surface area contributed by atoms with Crippen LogP contribution in [0.15, 0.2) is 48.7 Å². The molecule has 1 heterocycles. The summed E-state index contributed by atoms with van der Waals surface area (Å²) in [5, 5.41) is 19.9. The summed E-state index contributed by atoms with van der Waals surface area (Å²) >= 11 is 0. The molecule has 1 N–H and O–H groups in total. The van der Waals surface area contributed by atoms with Crippen LogP contribution >= 0.6 is 0 Å². The lowest BCUT2D eigenvalue weighted by atomic mass is 10.2. The van der Waals surface area contributed by atoms with Crippen LogP contribution in [0.3, 0.4) is 0 Å². The van der Waals surface area contributed by atoms with Crippen LogP contribution in [-0.4, -0.2) is 21.6 Å². The van der Waals surface area contributed by atoms with E-state index < -0.39 is 17.6 Å². The van der Waals surface area contributed by atoms with Crippen molar-refractivity contribution >= 4 is 0 Å². The highest BCUT2D eigenvalue weighted by molar-refractivity contribution is 5.20. The summed E-state index contributed by atoms with van der Waals surface area (Å²) in [5.41, 5.74) is 1.42. The number of aliphatic hydroxyl groups is 1. The quantitative estimate of drug-likeness (QED) is 0.643. The van der Waals surface area contributed by atoms with E-state index in [0.717, 1.165) is 5.56 Å². The normalized spacial score (nSPS) is 11.8. The van der Waals surface area contributed by atoms with Gasteiger partial charge in [-0.05, 0) is 11.6 Å². The lowest BCUT2D eigenvalue weighted by Gasteiger charge is -2.08. The summed E-state index contributed by atoms with van der Waals surface area (Å²) in [6.07, 6.45) is 0.231. The first-order valence-electron chi connectivity index (χ1n) is 6.07. The number of hydrogen-bond donors (Lipinski definition) is 1. The summed E-state index contributed by atoms with van der Waals surface area (Å²) in [4.78, 5) is 13.8. The van der Waals surface area contributed by atoms with Crippen LogP contribution < -0.4 is 4.74 Å². The Morgan fingerprint density at radius 3 is 2.60 bits per heavy atom. The van der Waals surface area contributed by atoms with Gasteiger partial charge in [0.05, 0.1) is 0 Å². The lowest BCUT2D eigenvalue weighted by Crippen LogP contribution is -2.12. The molecule has 0 aliphatic heterocycles. The summed E-state index contributed by atoms with van der Waals surface area (Å²) in [7, 11) is 0. The monoisotopic (exact) mass is 274 g/mol. The summed E-state index contributed by atoms with van der Waals surface area (Å²) in [5.74, 6) is 0.408. The van der Waals surface area contributed by atoms with E-state index in [4.69, 9.17) is 4.74 Å². The molecule has 0 aliphatic rings. The minimum Gasteiger partial charge on any atom is -0.473 e. The number of ether oxygens (including phenoxy) is 1. The Bertz CT molecular complexity index is 557. The van der Waals surface area contributed by atoms with Gasteiger partial charge in [-0.15, -0.1) is 0 Å². The maximum atomic E-state index is 10.3. The third kappa shape index (κ3) is 4.03. The zero-order chi connectivity index (χ0) is 14.4. The van der Waals surface area contributed by atoms with Crippen LogP contribution in [0.25, 0.3) is 0 Å². The number of rotatable bonds is 6. The number of pyridine rings is 1. The van der Waals surface area contributed by atoms with Gasteiger partial charge in [0.1, 0.15) is 12.7 Å². The van der Waals surface area contributed by atoms with Crippen molar-refractivity contribution in [2.75, 3.05) is 6.54 Å². The molecular weight excluding hydrogens is 260 g/mol. The standard InChI is InChI=1S/C14H14N2O4/c17-13(9-16(18)19)12-6-7-14(15-8-12)20-10-11-4-2-1-3-5-11/h1-8,13,17H,9-10H2/t13-/m1/s1. The smallest absolute Gasteiger partial charge is 0.233 e. The van der Waals surface area contributed by atoms with Gasteiger partial charge in [0, 0.05) is 22.7 Å². The second-order valence-corrected chi connectivity index (χ2v) is 4.24. The van der Waals surface area contributed by atoms with Crippen molar-refractivity contribution < 1.29 is 14.8 Å². The number of aromatic nitrogens is 1. The number of aliphatic hydroxyl groups excluding tert-OH is 1. The largest absolute Gasteiger partial charge is 0.473 e. The summed E-state index contributed by atoms with van der Waals surface area (Å²) < 4.78 is 5.48. The van der Waals surface area contributed by atoms with Crippen molar-refractivity contribution in [3.05, 3.63) is 69.9 Å². The average Bonchev–Trinajstić information content (AvgIpc) is 2.46. The average molecular weight is 274 g/mol. The van der Waals surface area contributed by atoms with Gasteiger partial charge in [0.15, 0.2) is 0 Å². The highest BCUT2D eigenvalue weighted by Gasteiger charge is 2.14. The lowest BCUT2D eigenvalue weighted by molar-refractivity contribution is -0.491. The van der Waals surface area contributed by atoms with E-state index in [-0.39, 0.29) is 0 Å². The van der Waals surface area contributed by atoms with Crippen molar-refractivity contribution in [1.82, 2.24) is 4.98 Å². The van der Waals surface area contributed by atoms with Gasteiger partial charge in [0.25, 0.3) is 0 Å². The fourth-order valence-electron chi connectivity index (χ4n) is 1.65. The van der Waals surface area contributed by atoms with Crippen molar-refractivity contribution in [2.45, 2.75) is 12.7 Å². The molecule has 2 rings (SSSR count). The van der Waals surface area contributed by atoms with E-state index in [2.05, 4.69) is 4.98 Å². The van der Waals surface area contributed by atoms with Crippen LogP contribution in [0.5, 0.6) is 5.88 Å². The van der Waals surface area contributed by atoms with Crippen molar-refractivity contribution in [2.24, 2.45) is 0 Å². The molecule has 0 amide bonds. The molecule has 1 aromatic heterocycles. The fraction of sp³-hybridized carbons (Fsp3) is 0.214. The van der Waals surface area contributed by atoms with Gasteiger partial charge in [-0.25, -0.2) is 4.98 Å². The van der Waals surface area contributed by atoms with Crippen molar-refractivity contribution in [3.63, 3.8) is 0 Å². The molecule has 20 heavy (non-hydrogen) atoms. The topological polar surface area (TPSA) is 85.5 Å². The zero-order valence-electron chi connectivity index (χ0n) is 10.7. The number of nitro groups is 1. The van der Waals surface area contributed by atoms with E-state index in [9.17, 15) is 15.2 Å². The van der Waals surface area contributed by atoms with E-state index in [1.165, 1.54) is 6.20 Å². The summed E-state index contributed by atoms with van der Waals surface area (Å²) in [6, 6.07) is 12.8. The molecule has 104 valence electrons. The third-order valence-electron chi connectivity index (χ3n) is 2.70. The SMILES string of the molecule is O=[N+]([O-])C[C@@H](O)c1ccc(OCc2ccccc2)nc1. The van der Waals surface area contributed by atoms with Gasteiger partial charge >= 0.3 is 0 Å². The molecule has 0 bridgehead atoms. The first kappa shape index (κ1) is 14.0. The first-order chi connectivity index (χ1) is 9.65. The van der Waals surface area contributed by atoms with E-state index in [1.807, 2.05) is 30.3 Å². The maximum Gasteiger partial charge on any atom is 0.233 e. The van der Waals surface area contributed by atoms with Gasteiger partial charge in [0.2, 0.25) is 12.4 Å². The van der Waals surface area contributed by atoms with Gasteiger partial charge in [-0.2, -0.15) is 0 Å².